The summed E-state index contributed by atoms with van der Waals surface area (Å²) in [6, 6.07) is 12.2. The normalized spacial score (nSPS) is 15.6. The molecule has 7 heteroatoms. The molecule has 1 N–H and O–H groups in total. The first-order valence-corrected chi connectivity index (χ1v) is 9.99. The Kier molecular flexibility index (Phi) is 5.64. The van der Waals surface area contributed by atoms with Gasteiger partial charge in [-0.05, 0) is 37.1 Å². The average molecular weight is 397 g/mol. The molecule has 2 aromatic carbocycles. The molecule has 2 aromatic rings. The van der Waals surface area contributed by atoms with Gasteiger partial charge in [-0.15, -0.1) is 0 Å². The van der Waals surface area contributed by atoms with Gasteiger partial charge in [0, 0.05) is 25.9 Å². The number of anilines is 3. The smallest absolute Gasteiger partial charge is 0.227 e. The van der Waals surface area contributed by atoms with Gasteiger partial charge >= 0.3 is 0 Å². The third kappa shape index (κ3) is 4.18. The molecule has 0 atom stereocenters. The Balaban J connectivity index is 1.40. The predicted molar refractivity (Wildman–Crippen MR) is 110 cm³/mol. The molecule has 0 spiro atoms. The Morgan fingerprint density at radius 1 is 0.966 bits per heavy atom. The van der Waals surface area contributed by atoms with Gasteiger partial charge in [-0.3, -0.25) is 9.59 Å². The van der Waals surface area contributed by atoms with Crippen molar-refractivity contribution in [3.63, 3.8) is 0 Å². The zero-order valence-corrected chi connectivity index (χ0v) is 16.2. The van der Waals surface area contributed by atoms with E-state index in [0.717, 1.165) is 31.6 Å². The molecular weight excluding hydrogens is 373 g/mol. The van der Waals surface area contributed by atoms with Crippen molar-refractivity contribution in [1.82, 2.24) is 0 Å². The van der Waals surface area contributed by atoms with Gasteiger partial charge in [0.15, 0.2) is 0 Å². The van der Waals surface area contributed by atoms with E-state index in [0.29, 0.717) is 24.6 Å². The van der Waals surface area contributed by atoms with E-state index in [4.69, 9.17) is 4.74 Å². The van der Waals surface area contributed by atoms with Crippen LogP contribution in [0.5, 0.6) is 5.75 Å². The molecule has 2 aliphatic rings. The fourth-order valence-electron chi connectivity index (χ4n) is 3.84. The number of nitrogens with one attached hydrogen (secondary N) is 1. The minimum atomic E-state index is -0.462. The van der Waals surface area contributed by atoms with Crippen molar-refractivity contribution in [2.75, 3.05) is 41.4 Å². The van der Waals surface area contributed by atoms with Crippen LogP contribution in [0.2, 0.25) is 0 Å². The van der Waals surface area contributed by atoms with Crippen molar-refractivity contribution in [1.29, 1.82) is 0 Å². The van der Waals surface area contributed by atoms with Crippen molar-refractivity contribution in [3.8, 4) is 5.75 Å². The van der Waals surface area contributed by atoms with Gasteiger partial charge in [0.25, 0.3) is 0 Å². The van der Waals surface area contributed by atoms with Crippen LogP contribution in [-0.2, 0) is 9.59 Å². The zero-order valence-electron chi connectivity index (χ0n) is 16.2. The molecule has 29 heavy (non-hydrogen) atoms. The van der Waals surface area contributed by atoms with Crippen LogP contribution in [0, 0.1) is 5.82 Å². The third-order valence-electron chi connectivity index (χ3n) is 5.30. The van der Waals surface area contributed by atoms with E-state index in [1.165, 1.54) is 6.07 Å². The van der Waals surface area contributed by atoms with E-state index in [1.54, 1.807) is 11.0 Å². The average Bonchev–Trinajstić information content (AvgIpc) is 3.28. The van der Waals surface area contributed by atoms with Crippen LogP contribution >= 0.6 is 0 Å². The Hall–Kier alpha value is -3.09. The number of nitrogens with zero attached hydrogens (tertiary/aromatic N) is 2. The molecule has 0 unspecified atom stereocenters. The molecule has 2 heterocycles. The summed E-state index contributed by atoms with van der Waals surface area (Å²) in [6.45, 7) is 2.57. The molecule has 6 nitrogen and oxygen atoms in total. The van der Waals surface area contributed by atoms with Crippen LogP contribution in [0.25, 0.3) is 0 Å². The van der Waals surface area contributed by atoms with Gasteiger partial charge in [0.2, 0.25) is 11.8 Å². The molecule has 1 saturated heterocycles. The number of carbonyl (C=O) groups excluding carboxylic acids is 2. The summed E-state index contributed by atoms with van der Waals surface area (Å²) in [4.78, 5) is 28.9. The van der Waals surface area contributed by atoms with Crippen molar-refractivity contribution < 1.29 is 18.7 Å². The molecule has 0 aromatic heterocycles. The monoisotopic (exact) mass is 397 g/mol. The zero-order chi connectivity index (χ0) is 20.2. The SMILES string of the molecule is O=C(CCC(=O)N1CCOc2ccccc21)Nc1c(F)cccc1N1CCCC1. The van der Waals surface area contributed by atoms with Crippen molar-refractivity contribution in [2.45, 2.75) is 25.7 Å². The summed E-state index contributed by atoms with van der Waals surface area (Å²) >= 11 is 0. The molecule has 0 saturated carbocycles. The Morgan fingerprint density at radius 3 is 2.55 bits per heavy atom. The van der Waals surface area contributed by atoms with E-state index in [9.17, 15) is 14.0 Å². The number of hydrogen-bond donors (Lipinski definition) is 1. The number of para-hydroxylation sites is 3. The summed E-state index contributed by atoms with van der Waals surface area (Å²) in [5.41, 5.74) is 1.61. The minimum absolute atomic E-state index is 0.00781. The van der Waals surface area contributed by atoms with E-state index in [-0.39, 0.29) is 30.3 Å². The summed E-state index contributed by atoms with van der Waals surface area (Å²) < 4.78 is 20.0. The van der Waals surface area contributed by atoms with Gasteiger partial charge < -0.3 is 19.9 Å². The van der Waals surface area contributed by atoms with E-state index in [1.807, 2.05) is 30.3 Å². The first-order chi connectivity index (χ1) is 14.1. The highest BCUT2D eigenvalue weighted by molar-refractivity contribution is 6.00. The summed E-state index contributed by atoms with van der Waals surface area (Å²) in [5.74, 6) is -0.316. The molecule has 0 radical (unpaired) electrons. The Labute approximate surface area is 169 Å². The number of amides is 2. The largest absolute Gasteiger partial charge is 0.490 e. The lowest BCUT2D eigenvalue weighted by atomic mass is 10.2. The second-order valence-electron chi connectivity index (χ2n) is 7.24. The lowest BCUT2D eigenvalue weighted by Crippen LogP contribution is -2.38. The van der Waals surface area contributed by atoms with Crippen LogP contribution in [0.1, 0.15) is 25.7 Å². The third-order valence-corrected chi connectivity index (χ3v) is 5.30. The molecule has 4 rings (SSSR count). The van der Waals surface area contributed by atoms with Crippen molar-refractivity contribution >= 4 is 28.9 Å². The number of hydrogen-bond acceptors (Lipinski definition) is 4. The standard InChI is InChI=1S/C22H24FN3O3/c23-16-6-5-8-18(25-12-3-4-13-25)22(16)24-20(27)10-11-21(28)26-14-15-29-19-9-2-1-7-17(19)26/h1-2,5-9H,3-4,10-15H2,(H,24,27). The lowest BCUT2D eigenvalue weighted by Gasteiger charge is -2.29. The summed E-state index contributed by atoms with van der Waals surface area (Å²) in [7, 11) is 0. The molecule has 0 aliphatic carbocycles. The number of benzene rings is 2. The highest BCUT2D eigenvalue weighted by atomic mass is 19.1. The van der Waals surface area contributed by atoms with Gasteiger partial charge in [0.1, 0.15) is 23.9 Å². The molecule has 2 amide bonds. The Morgan fingerprint density at radius 2 is 1.72 bits per heavy atom. The molecular formula is C22H24FN3O3. The van der Waals surface area contributed by atoms with Crippen molar-refractivity contribution in [2.24, 2.45) is 0 Å². The first kappa shape index (κ1) is 19.2. The van der Waals surface area contributed by atoms with Gasteiger partial charge in [0.05, 0.1) is 17.9 Å². The number of fused-ring (bicyclic) bond motifs is 1. The van der Waals surface area contributed by atoms with Crippen LogP contribution in [-0.4, -0.2) is 38.1 Å². The number of halogens is 1. The van der Waals surface area contributed by atoms with E-state index in [2.05, 4.69) is 10.2 Å². The predicted octanol–water partition coefficient (Wildman–Crippen LogP) is 3.57. The maximum atomic E-state index is 14.4. The second-order valence-corrected chi connectivity index (χ2v) is 7.24. The number of rotatable bonds is 5. The summed E-state index contributed by atoms with van der Waals surface area (Å²) in [6.07, 6.45) is 2.15. The summed E-state index contributed by atoms with van der Waals surface area (Å²) in [5, 5.41) is 2.68. The lowest BCUT2D eigenvalue weighted by molar-refractivity contribution is -0.122. The Bertz CT molecular complexity index is 912. The molecule has 0 bridgehead atoms. The number of carbonyl (C=O) groups is 2. The topological polar surface area (TPSA) is 61.9 Å². The fourth-order valence-corrected chi connectivity index (χ4v) is 3.84. The second kappa shape index (κ2) is 8.51. The van der Waals surface area contributed by atoms with Crippen LogP contribution in [0.3, 0.4) is 0 Å². The number of ether oxygens (including phenoxy) is 1. The highest BCUT2D eigenvalue weighted by Crippen LogP contribution is 2.33. The maximum Gasteiger partial charge on any atom is 0.227 e. The van der Waals surface area contributed by atoms with Gasteiger partial charge in [-0.1, -0.05) is 18.2 Å². The van der Waals surface area contributed by atoms with Gasteiger partial charge in [-0.2, -0.15) is 0 Å². The van der Waals surface area contributed by atoms with Crippen LogP contribution in [0.15, 0.2) is 42.5 Å². The van der Waals surface area contributed by atoms with Crippen molar-refractivity contribution in [3.05, 3.63) is 48.3 Å². The van der Waals surface area contributed by atoms with Crippen LogP contribution in [0.4, 0.5) is 21.5 Å². The molecule has 1 fully saturated rings. The maximum absolute atomic E-state index is 14.4. The van der Waals surface area contributed by atoms with E-state index >= 15 is 0 Å². The molecule has 152 valence electrons. The highest BCUT2D eigenvalue weighted by Gasteiger charge is 2.24. The minimum Gasteiger partial charge on any atom is -0.490 e. The molecule has 2 aliphatic heterocycles. The first-order valence-electron chi connectivity index (χ1n) is 9.99. The fraction of sp³-hybridized carbons (Fsp3) is 0.364. The van der Waals surface area contributed by atoms with Gasteiger partial charge in [-0.25, -0.2) is 4.39 Å². The quantitative estimate of drug-likeness (QED) is 0.838. The van der Waals surface area contributed by atoms with E-state index < -0.39 is 5.82 Å². The van der Waals surface area contributed by atoms with Crippen LogP contribution < -0.4 is 19.9 Å².